The second kappa shape index (κ2) is 5.11. The van der Waals surface area contributed by atoms with Crippen molar-refractivity contribution in [3.63, 3.8) is 0 Å². The van der Waals surface area contributed by atoms with Crippen LogP contribution >= 0.6 is 0 Å². The van der Waals surface area contributed by atoms with Crippen LogP contribution in [-0.4, -0.2) is 17.6 Å². The van der Waals surface area contributed by atoms with E-state index in [0.29, 0.717) is 12.8 Å². The number of nitrogens with one attached hydrogen (secondary N) is 2. The van der Waals surface area contributed by atoms with Gasteiger partial charge in [0.25, 0.3) is 5.91 Å². The van der Waals surface area contributed by atoms with Crippen LogP contribution in [0.1, 0.15) is 6.92 Å². The number of aliphatic hydroxyl groups is 1. The molecule has 4 heteroatoms. The largest absolute Gasteiger partial charge is 0.515 e. The molecule has 0 aliphatic rings. The van der Waals surface area contributed by atoms with Crippen molar-refractivity contribution in [3.8, 4) is 0 Å². The lowest BCUT2D eigenvalue weighted by Gasteiger charge is -1.98. The van der Waals surface area contributed by atoms with Crippen molar-refractivity contribution in [1.29, 1.82) is 0 Å². The maximum Gasteiger partial charge on any atom is 0.261 e. The van der Waals surface area contributed by atoms with Crippen LogP contribution in [0.4, 0.5) is 0 Å². The van der Waals surface area contributed by atoms with Gasteiger partial charge in [-0.2, -0.15) is 0 Å². The van der Waals surface area contributed by atoms with Crippen molar-refractivity contribution >= 4 is 5.91 Å². The molecule has 0 saturated heterocycles. The molecule has 0 atom stereocenters. The van der Waals surface area contributed by atoms with Crippen molar-refractivity contribution in [1.82, 2.24) is 10.9 Å². The minimum absolute atomic E-state index is 0.362. The van der Waals surface area contributed by atoms with E-state index in [0.717, 1.165) is 6.08 Å². The zero-order chi connectivity index (χ0) is 7.11. The monoisotopic (exact) mass is 130 g/mol. The highest BCUT2D eigenvalue weighted by atomic mass is 16.2. The molecule has 0 radical (unpaired) electrons. The van der Waals surface area contributed by atoms with Crippen LogP contribution in [0.15, 0.2) is 12.3 Å². The zero-order valence-corrected chi connectivity index (χ0v) is 5.22. The molecule has 52 valence electrons. The minimum Gasteiger partial charge on any atom is -0.515 e. The van der Waals surface area contributed by atoms with Crippen molar-refractivity contribution in [3.05, 3.63) is 12.3 Å². The summed E-state index contributed by atoms with van der Waals surface area (Å²) < 4.78 is 0. The number of carbonyl (C=O) groups excluding carboxylic acids is 1. The minimum atomic E-state index is -0.362. The molecule has 0 unspecified atom stereocenters. The van der Waals surface area contributed by atoms with Crippen LogP contribution in [-0.2, 0) is 4.79 Å². The molecule has 0 aliphatic heterocycles. The molecule has 3 N–H and O–H groups in total. The van der Waals surface area contributed by atoms with Crippen LogP contribution in [0.25, 0.3) is 0 Å². The molecular weight excluding hydrogens is 120 g/mol. The number of hydrogen-bond donors (Lipinski definition) is 3. The molecule has 1 amide bonds. The second-order valence-corrected chi connectivity index (χ2v) is 1.34. The average molecular weight is 130 g/mol. The van der Waals surface area contributed by atoms with Gasteiger partial charge in [0.05, 0.1) is 6.26 Å². The summed E-state index contributed by atoms with van der Waals surface area (Å²) in [4.78, 5) is 10.4. The molecule has 9 heavy (non-hydrogen) atoms. The molecule has 4 nitrogen and oxygen atoms in total. The van der Waals surface area contributed by atoms with Gasteiger partial charge in [0.15, 0.2) is 0 Å². The molecule has 0 bridgehead atoms. The highest BCUT2D eigenvalue weighted by Gasteiger charge is 1.88. The first-order valence-corrected chi connectivity index (χ1v) is 2.64. The van der Waals surface area contributed by atoms with Gasteiger partial charge in [-0.05, 0) is 0 Å². The molecule has 0 rings (SSSR count). The molecular formula is C5H10N2O2. The van der Waals surface area contributed by atoms with E-state index in [9.17, 15) is 4.79 Å². The Bertz CT molecular complexity index is 112. The smallest absolute Gasteiger partial charge is 0.261 e. The molecule has 0 spiro atoms. The van der Waals surface area contributed by atoms with Gasteiger partial charge >= 0.3 is 0 Å². The van der Waals surface area contributed by atoms with Crippen LogP contribution < -0.4 is 10.9 Å². The van der Waals surface area contributed by atoms with Crippen LogP contribution in [0.2, 0.25) is 0 Å². The molecule has 0 saturated carbocycles. The topological polar surface area (TPSA) is 61.4 Å². The summed E-state index contributed by atoms with van der Waals surface area (Å²) in [6.45, 7) is 2.51. The maximum absolute atomic E-state index is 10.4. The van der Waals surface area contributed by atoms with Gasteiger partial charge < -0.3 is 5.11 Å². The van der Waals surface area contributed by atoms with Gasteiger partial charge in [0, 0.05) is 12.6 Å². The van der Waals surface area contributed by atoms with E-state index in [1.54, 1.807) is 0 Å². The molecule has 0 heterocycles. The Morgan fingerprint density at radius 3 is 2.89 bits per heavy atom. The number of hydrazine groups is 1. The SMILES string of the molecule is CCNNC(=O)/C=C\O. The van der Waals surface area contributed by atoms with Gasteiger partial charge in [-0.3, -0.25) is 10.2 Å². The molecule has 0 aromatic heterocycles. The predicted molar refractivity (Wildman–Crippen MR) is 33.6 cm³/mol. The first kappa shape index (κ1) is 7.97. The quantitative estimate of drug-likeness (QED) is 0.279. The van der Waals surface area contributed by atoms with E-state index in [1.807, 2.05) is 6.92 Å². The lowest BCUT2D eigenvalue weighted by molar-refractivity contribution is -0.117. The highest BCUT2D eigenvalue weighted by molar-refractivity contribution is 5.86. The standard InChI is InChI=1S/C5H10N2O2/c1-2-6-7-5(9)3-4-8/h3-4,6,8H,2H2,1H3,(H,7,9)/b4-3-. The summed E-state index contributed by atoms with van der Waals surface area (Å²) in [5.41, 5.74) is 4.87. The number of aliphatic hydroxyl groups excluding tert-OH is 1. The third-order valence-electron chi connectivity index (χ3n) is 0.614. The Kier molecular flexibility index (Phi) is 4.53. The Morgan fingerprint density at radius 1 is 1.78 bits per heavy atom. The zero-order valence-electron chi connectivity index (χ0n) is 5.22. The fourth-order valence-electron chi connectivity index (χ4n) is 0.285. The van der Waals surface area contributed by atoms with E-state index in [1.165, 1.54) is 0 Å². The third-order valence-corrected chi connectivity index (χ3v) is 0.614. The Balaban J connectivity index is 3.27. The Hall–Kier alpha value is -1.03. The molecule has 0 aliphatic carbocycles. The maximum atomic E-state index is 10.4. The van der Waals surface area contributed by atoms with Gasteiger partial charge in [0.2, 0.25) is 0 Å². The Labute approximate surface area is 53.5 Å². The first-order valence-electron chi connectivity index (χ1n) is 2.64. The predicted octanol–water partition coefficient (Wildman–Crippen LogP) is -0.301. The van der Waals surface area contributed by atoms with E-state index in [2.05, 4.69) is 10.9 Å². The molecule has 0 aromatic carbocycles. The van der Waals surface area contributed by atoms with Gasteiger partial charge in [-0.25, -0.2) is 5.43 Å². The summed E-state index contributed by atoms with van der Waals surface area (Å²) >= 11 is 0. The highest BCUT2D eigenvalue weighted by Crippen LogP contribution is 1.64. The lowest BCUT2D eigenvalue weighted by Crippen LogP contribution is -2.35. The van der Waals surface area contributed by atoms with Crippen LogP contribution in [0, 0.1) is 0 Å². The van der Waals surface area contributed by atoms with Crippen molar-refractivity contribution in [2.24, 2.45) is 0 Å². The lowest BCUT2D eigenvalue weighted by atomic mass is 10.6. The summed E-state index contributed by atoms with van der Waals surface area (Å²) in [7, 11) is 0. The second-order valence-electron chi connectivity index (χ2n) is 1.34. The average Bonchev–Trinajstić information content (AvgIpc) is 1.85. The van der Waals surface area contributed by atoms with Crippen LogP contribution in [0.5, 0.6) is 0 Å². The number of rotatable bonds is 3. The van der Waals surface area contributed by atoms with E-state index < -0.39 is 0 Å². The van der Waals surface area contributed by atoms with Crippen molar-refractivity contribution < 1.29 is 9.90 Å². The summed E-state index contributed by atoms with van der Waals surface area (Å²) in [5, 5.41) is 8.07. The summed E-state index contributed by atoms with van der Waals surface area (Å²) in [6.07, 6.45) is 1.70. The van der Waals surface area contributed by atoms with Crippen molar-refractivity contribution in [2.75, 3.05) is 6.54 Å². The van der Waals surface area contributed by atoms with E-state index in [-0.39, 0.29) is 5.91 Å². The molecule has 0 fully saturated rings. The van der Waals surface area contributed by atoms with E-state index in [4.69, 9.17) is 5.11 Å². The van der Waals surface area contributed by atoms with Gasteiger partial charge in [0.1, 0.15) is 0 Å². The summed E-state index contributed by atoms with van der Waals surface area (Å²) in [5.74, 6) is -0.362. The molecule has 0 aromatic rings. The van der Waals surface area contributed by atoms with E-state index >= 15 is 0 Å². The fourth-order valence-corrected chi connectivity index (χ4v) is 0.285. The third kappa shape index (κ3) is 4.83. The number of hydrogen-bond acceptors (Lipinski definition) is 3. The fraction of sp³-hybridized carbons (Fsp3) is 0.400. The Morgan fingerprint density at radius 2 is 2.44 bits per heavy atom. The summed E-state index contributed by atoms with van der Waals surface area (Å²) in [6, 6.07) is 0. The normalized spacial score (nSPS) is 9.89. The van der Waals surface area contributed by atoms with Crippen LogP contribution in [0.3, 0.4) is 0 Å². The van der Waals surface area contributed by atoms with Gasteiger partial charge in [-0.1, -0.05) is 6.92 Å². The number of carbonyl (C=O) groups is 1. The first-order chi connectivity index (χ1) is 4.31. The van der Waals surface area contributed by atoms with Crippen molar-refractivity contribution in [2.45, 2.75) is 6.92 Å². The van der Waals surface area contributed by atoms with Gasteiger partial charge in [-0.15, -0.1) is 0 Å². The number of amides is 1.